The third-order valence-electron chi connectivity index (χ3n) is 5.42. The normalized spacial score (nSPS) is 18.8. The lowest BCUT2D eigenvalue weighted by molar-refractivity contribution is -0.141. The number of benzene rings is 1. The maximum Gasteiger partial charge on any atom is 0.300 e. The van der Waals surface area contributed by atoms with E-state index in [-0.39, 0.29) is 0 Å². The summed E-state index contributed by atoms with van der Waals surface area (Å²) in [6.45, 7) is 4.90. The highest BCUT2D eigenvalue weighted by atomic mass is 35.5. The quantitative estimate of drug-likeness (QED) is 0.654. The van der Waals surface area contributed by atoms with Crippen LogP contribution in [0, 0.1) is 5.92 Å². The molecule has 1 heterocycles. The Kier molecular flexibility index (Phi) is 7.83. The maximum absolute atomic E-state index is 11.5. The Hall–Kier alpha value is -0.995. The molecule has 2 radical (unpaired) electrons. The zero-order valence-corrected chi connectivity index (χ0v) is 16.0. The van der Waals surface area contributed by atoms with Crippen molar-refractivity contribution in [3.05, 3.63) is 34.9 Å². The molecule has 0 aliphatic carbocycles. The molecule has 1 N–H and O–H groups in total. The molecule has 25 heavy (non-hydrogen) atoms. The van der Waals surface area contributed by atoms with Crippen LogP contribution in [0.15, 0.2) is 24.3 Å². The summed E-state index contributed by atoms with van der Waals surface area (Å²) < 4.78 is 0. The number of unbranched alkanes of at least 4 members (excludes halogenated alkanes) is 1. The number of hydrogen-bond donors (Lipinski definition) is 1. The summed E-state index contributed by atoms with van der Waals surface area (Å²) in [7, 11) is 6.15. The van der Waals surface area contributed by atoms with Crippen molar-refractivity contribution in [1.82, 2.24) is 4.90 Å². The van der Waals surface area contributed by atoms with E-state index in [0.717, 1.165) is 56.8 Å². The second kappa shape index (κ2) is 9.63. The van der Waals surface area contributed by atoms with Gasteiger partial charge in [0.05, 0.1) is 7.85 Å². The van der Waals surface area contributed by atoms with Crippen LogP contribution in [0.25, 0.3) is 0 Å². The molecule has 0 aromatic heterocycles. The Morgan fingerprint density at radius 1 is 1.28 bits per heavy atom. The minimum absolute atomic E-state index is 0.532. The van der Waals surface area contributed by atoms with Crippen LogP contribution in [0.1, 0.15) is 51.0 Å². The first-order valence-electron chi connectivity index (χ1n) is 9.42. The molecule has 1 aliphatic heterocycles. The van der Waals surface area contributed by atoms with Crippen LogP contribution in [-0.2, 0) is 11.2 Å². The monoisotopic (exact) mass is 361 g/mol. The van der Waals surface area contributed by atoms with E-state index in [0.29, 0.717) is 18.8 Å². The summed E-state index contributed by atoms with van der Waals surface area (Å²) in [5.74, 6) is -0.168. The molecule has 0 amide bonds. The predicted octanol–water partition coefficient (Wildman–Crippen LogP) is 4.59. The Bertz CT molecular complexity index is 543. The van der Waals surface area contributed by atoms with Crippen LogP contribution in [0.3, 0.4) is 0 Å². The third kappa shape index (κ3) is 6.34. The zero-order chi connectivity index (χ0) is 18.3. The van der Waals surface area contributed by atoms with Crippen molar-refractivity contribution >= 4 is 25.4 Å². The average molecular weight is 362 g/mol. The van der Waals surface area contributed by atoms with E-state index in [1.54, 1.807) is 0 Å². The van der Waals surface area contributed by atoms with E-state index in [1.165, 1.54) is 5.56 Å². The number of carboxylic acid groups (broad SMARTS) is 1. The number of carboxylic acids is 1. The van der Waals surface area contributed by atoms with Crippen molar-refractivity contribution in [1.29, 1.82) is 0 Å². The van der Waals surface area contributed by atoms with Crippen LogP contribution in [0.2, 0.25) is 10.3 Å². The summed E-state index contributed by atoms with van der Waals surface area (Å²) in [6, 6.07) is 8.13. The lowest BCUT2D eigenvalue weighted by Gasteiger charge is -2.34. The number of piperidine rings is 1. The largest absolute Gasteiger partial charge is 0.481 e. The molecule has 1 fully saturated rings. The average Bonchev–Trinajstić information content (AvgIpc) is 2.61. The van der Waals surface area contributed by atoms with Gasteiger partial charge in [-0.1, -0.05) is 43.5 Å². The fourth-order valence-electron chi connectivity index (χ4n) is 3.56. The Balaban J connectivity index is 1.75. The SMILES string of the molecule is [B]C(CCCC)(CCN1CCC(Cc2ccc(Cl)cc2)CC1)C(=O)O. The van der Waals surface area contributed by atoms with Crippen molar-refractivity contribution < 1.29 is 9.90 Å². The molecule has 0 bridgehead atoms. The van der Waals surface area contributed by atoms with Crippen LogP contribution in [-0.4, -0.2) is 43.5 Å². The fraction of sp³-hybridized carbons (Fsp3) is 0.650. The Morgan fingerprint density at radius 2 is 1.92 bits per heavy atom. The van der Waals surface area contributed by atoms with Gasteiger partial charge in [0.25, 0.3) is 0 Å². The summed E-state index contributed by atoms with van der Waals surface area (Å²) in [5, 5.41) is 9.17. The van der Waals surface area contributed by atoms with Gasteiger partial charge in [0.2, 0.25) is 0 Å². The molecule has 1 atom stereocenters. The van der Waals surface area contributed by atoms with Gasteiger partial charge in [-0.25, -0.2) is 0 Å². The summed E-state index contributed by atoms with van der Waals surface area (Å²) >= 11 is 5.94. The highest BCUT2D eigenvalue weighted by Gasteiger charge is 2.32. The van der Waals surface area contributed by atoms with E-state index in [1.807, 2.05) is 12.1 Å². The molecule has 1 aromatic rings. The number of nitrogens with zero attached hydrogens (tertiary/aromatic N) is 1. The second-order valence-electron chi connectivity index (χ2n) is 7.43. The van der Waals surface area contributed by atoms with Gasteiger partial charge < -0.3 is 10.0 Å². The molecule has 0 spiro atoms. The van der Waals surface area contributed by atoms with E-state index in [4.69, 9.17) is 19.4 Å². The van der Waals surface area contributed by atoms with Crippen LogP contribution in [0.5, 0.6) is 0 Å². The Morgan fingerprint density at radius 3 is 2.48 bits per heavy atom. The van der Waals surface area contributed by atoms with Gasteiger partial charge in [-0.15, -0.1) is 0 Å². The molecule has 2 rings (SSSR count). The predicted molar refractivity (Wildman–Crippen MR) is 105 cm³/mol. The lowest BCUT2D eigenvalue weighted by Crippen LogP contribution is -2.37. The highest BCUT2D eigenvalue weighted by Crippen LogP contribution is 2.34. The van der Waals surface area contributed by atoms with Gasteiger partial charge in [0, 0.05) is 10.3 Å². The maximum atomic E-state index is 11.5. The van der Waals surface area contributed by atoms with Gasteiger partial charge in [-0.2, -0.15) is 0 Å². The zero-order valence-electron chi connectivity index (χ0n) is 15.2. The number of aliphatic carboxylic acids is 1. The van der Waals surface area contributed by atoms with Gasteiger partial charge >= 0.3 is 5.97 Å². The molecule has 1 unspecified atom stereocenters. The fourth-order valence-corrected chi connectivity index (χ4v) is 3.68. The molecule has 1 aliphatic rings. The minimum Gasteiger partial charge on any atom is -0.481 e. The van der Waals surface area contributed by atoms with E-state index in [2.05, 4.69) is 24.0 Å². The summed E-state index contributed by atoms with van der Waals surface area (Å²) in [5.41, 5.74) is 1.34. The van der Waals surface area contributed by atoms with Crippen molar-refractivity contribution in [2.75, 3.05) is 19.6 Å². The van der Waals surface area contributed by atoms with Gasteiger partial charge in [0.1, 0.15) is 0 Å². The van der Waals surface area contributed by atoms with Crippen molar-refractivity contribution in [2.24, 2.45) is 5.92 Å². The Labute approximate surface area is 158 Å². The minimum atomic E-state index is -1.07. The van der Waals surface area contributed by atoms with Gasteiger partial charge in [0.15, 0.2) is 0 Å². The topological polar surface area (TPSA) is 40.5 Å². The van der Waals surface area contributed by atoms with Crippen LogP contribution < -0.4 is 0 Å². The first kappa shape index (κ1) is 20.3. The van der Waals surface area contributed by atoms with Crippen molar-refractivity contribution in [3.63, 3.8) is 0 Å². The van der Waals surface area contributed by atoms with Crippen LogP contribution in [0.4, 0.5) is 0 Å². The van der Waals surface area contributed by atoms with E-state index < -0.39 is 11.3 Å². The molecule has 0 saturated carbocycles. The molecule has 5 heteroatoms. The number of likely N-dealkylation sites (tertiary alicyclic amines) is 1. The van der Waals surface area contributed by atoms with Crippen molar-refractivity contribution in [2.45, 2.75) is 57.2 Å². The standard InChI is InChI=1S/C20H29BClNO2/c1-2-3-10-20(21,19(24)25)11-14-23-12-8-17(9-13-23)15-16-4-6-18(22)7-5-16/h4-7,17H,2-3,8-15H2,1H3,(H,24,25). The van der Waals surface area contributed by atoms with Crippen molar-refractivity contribution in [3.8, 4) is 0 Å². The number of halogens is 1. The first-order chi connectivity index (χ1) is 11.9. The summed E-state index contributed by atoms with van der Waals surface area (Å²) in [6.07, 6.45) is 6.34. The number of hydrogen-bond acceptors (Lipinski definition) is 2. The van der Waals surface area contributed by atoms with E-state index in [9.17, 15) is 9.90 Å². The van der Waals surface area contributed by atoms with E-state index >= 15 is 0 Å². The number of carbonyl (C=O) groups is 1. The molecule has 1 aromatic carbocycles. The molecule has 1 saturated heterocycles. The molecular weight excluding hydrogens is 332 g/mol. The third-order valence-corrected chi connectivity index (χ3v) is 5.67. The lowest BCUT2D eigenvalue weighted by atomic mass is 9.63. The van der Waals surface area contributed by atoms with Gasteiger partial charge in [-0.05, 0) is 75.4 Å². The second-order valence-corrected chi connectivity index (χ2v) is 7.87. The molecular formula is C20H29BClNO2. The number of rotatable bonds is 9. The smallest absolute Gasteiger partial charge is 0.300 e. The van der Waals surface area contributed by atoms with Crippen LogP contribution >= 0.6 is 11.6 Å². The highest BCUT2D eigenvalue weighted by molar-refractivity contribution is 6.30. The van der Waals surface area contributed by atoms with Gasteiger partial charge in [-0.3, -0.25) is 4.79 Å². The summed E-state index contributed by atoms with van der Waals surface area (Å²) in [4.78, 5) is 13.9. The molecule has 136 valence electrons. The first-order valence-corrected chi connectivity index (χ1v) is 9.80. The molecule has 3 nitrogen and oxygen atoms in total.